The largest absolute Gasteiger partial charge is 0.475 e. The Bertz CT molecular complexity index is 459. The van der Waals surface area contributed by atoms with Gasteiger partial charge in [0.25, 0.3) is 0 Å². The summed E-state index contributed by atoms with van der Waals surface area (Å²) in [4.78, 5) is 27.1. The predicted octanol–water partition coefficient (Wildman–Crippen LogP) is -0.106. The second kappa shape index (κ2) is 8.31. The molecule has 0 spiro atoms. The van der Waals surface area contributed by atoms with Crippen molar-refractivity contribution in [2.75, 3.05) is 6.54 Å². The first-order chi connectivity index (χ1) is 11.0. The lowest BCUT2D eigenvalue weighted by Gasteiger charge is -2.32. The highest BCUT2D eigenvalue weighted by molar-refractivity contribution is 6.43. The summed E-state index contributed by atoms with van der Waals surface area (Å²) in [6, 6.07) is -0.644. The molecule has 1 heterocycles. The van der Waals surface area contributed by atoms with Gasteiger partial charge in [0.05, 0.1) is 11.5 Å². The van der Waals surface area contributed by atoms with E-state index in [1.165, 1.54) is 0 Å². The van der Waals surface area contributed by atoms with Gasteiger partial charge in [0.15, 0.2) is 0 Å². The molecule has 0 aliphatic carbocycles. The van der Waals surface area contributed by atoms with Crippen LogP contribution in [-0.2, 0) is 9.59 Å². The zero-order chi connectivity index (χ0) is 18.7. The number of nitrogens with zero attached hydrogens (tertiary/aromatic N) is 1. The van der Waals surface area contributed by atoms with Crippen LogP contribution in [0.1, 0.15) is 53.9 Å². The molecule has 1 aliphatic heterocycles. The molecule has 0 saturated carbocycles. The van der Waals surface area contributed by atoms with Gasteiger partial charge in [-0.2, -0.15) is 0 Å². The number of nitrogens with two attached hydrogens (primary N) is 1. The molecule has 138 valence electrons. The Morgan fingerprint density at radius 3 is 2.33 bits per heavy atom. The number of rotatable bonds is 8. The summed E-state index contributed by atoms with van der Waals surface area (Å²) in [5, 5.41) is 21.3. The van der Waals surface area contributed by atoms with Crippen LogP contribution in [0.2, 0.25) is 0 Å². The minimum absolute atomic E-state index is 0.0135. The van der Waals surface area contributed by atoms with Crippen LogP contribution in [0.5, 0.6) is 0 Å². The Kier molecular flexibility index (Phi) is 7.25. The van der Waals surface area contributed by atoms with E-state index in [0.717, 1.165) is 0 Å². The molecule has 3 atom stereocenters. The van der Waals surface area contributed by atoms with Crippen molar-refractivity contribution in [1.82, 2.24) is 10.2 Å². The summed E-state index contributed by atoms with van der Waals surface area (Å²) in [6.45, 7) is 9.99. The third-order valence-corrected chi connectivity index (χ3v) is 4.96. The molecular formula is C16H32BN3O4. The Morgan fingerprint density at radius 2 is 1.96 bits per heavy atom. The summed E-state index contributed by atoms with van der Waals surface area (Å²) in [6.07, 6.45) is 1.41. The molecule has 2 amide bonds. The van der Waals surface area contributed by atoms with E-state index in [4.69, 9.17) is 5.73 Å². The maximum absolute atomic E-state index is 12.8. The molecule has 1 saturated heterocycles. The Morgan fingerprint density at radius 1 is 1.38 bits per heavy atom. The molecule has 0 bridgehead atoms. The topological polar surface area (TPSA) is 116 Å². The molecule has 0 aromatic rings. The van der Waals surface area contributed by atoms with Gasteiger partial charge >= 0.3 is 7.12 Å². The van der Waals surface area contributed by atoms with E-state index in [0.29, 0.717) is 25.8 Å². The van der Waals surface area contributed by atoms with E-state index in [-0.39, 0.29) is 23.7 Å². The molecule has 1 fully saturated rings. The van der Waals surface area contributed by atoms with Crippen molar-refractivity contribution in [1.29, 1.82) is 0 Å². The third-order valence-electron chi connectivity index (χ3n) is 4.96. The second-order valence-corrected chi connectivity index (χ2v) is 7.53. The lowest BCUT2D eigenvalue weighted by molar-refractivity contribution is -0.141. The molecular weight excluding hydrogens is 309 g/mol. The molecule has 1 rings (SSSR count). The molecule has 0 aromatic carbocycles. The first-order valence-corrected chi connectivity index (χ1v) is 8.81. The van der Waals surface area contributed by atoms with Crippen molar-refractivity contribution in [3.8, 4) is 0 Å². The molecule has 8 heteroatoms. The summed E-state index contributed by atoms with van der Waals surface area (Å²) in [5.41, 5.74) is 5.34. The highest BCUT2D eigenvalue weighted by Crippen LogP contribution is 2.30. The number of nitrogens with one attached hydrogen (secondary N) is 1. The van der Waals surface area contributed by atoms with Crippen molar-refractivity contribution in [2.24, 2.45) is 17.6 Å². The van der Waals surface area contributed by atoms with Crippen LogP contribution >= 0.6 is 0 Å². The smallest absolute Gasteiger partial charge is 0.426 e. The van der Waals surface area contributed by atoms with Gasteiger partial charge < -0.3 is 26.0 Å². The Balaban J connectivity index is 2.98. The number of carbonyl (C=O) groups excluding carboxylic acids is 2. The number of carbonyl (C=O) groups is 2. The van der Waals surface area contributed by atoms with E-state index in [2.05, 4.69) is 5.32 Å². The second-order valence-electron chi connectivity index (χ2n) is 7.53. The molecule has 7 nitrogen and oxygen atoms in total. The van der Waals surface area contributed by atoms with Gasteiger partial charge in [-0.05, 0) is 31.1 Å². The molecule has 0 radical (unpaired) electrons. The summed E-state index contributed by atoms with van der Waals surface area (Å²) >= 11 is 0. The van der Waals surface area contributed by atoms with Crippen molar-refractivity contribution >= 4 is 18.9 Å². The molecule has 0 aromatic heterocycles. The summed E-state index contributed by atoms with van der Waals surface area (Å²) in [5.74, 6) is -1.11. The van der Waals surface area contributed by atoms with E-state index in [1.54, 1.807) is 11.8 Å². The van der Waals surface area contributed by atoms with Gasteiger partial charge in [-0.25, -0.2) is 0 Å². The number of hydrogen-bond donors (Lipinski definition) is 4. The standard InChI is InChI=1S/C16H32BN3O4/c1-6-13(17(23)24)19-14(21)12(9-10(2)3)20-8-7-16(18,11(4)5)15(20)22/h10-13,23-24H,6-9,18H2,1-5H3,(H,19,21)/t12-,13?,16?/m0/s1. The quantitative estimate of drug-likeness (QED) is 0.460. The number of hydrogen-bond acceptors (Lipinski definition) is 5. The number of likely N-dealkylation sites (tertiary alicyclic amines) is 1. The van der Waals surface area contributed by atoms with Gasteiger partial charge in [0.2, 0.25) is 11.8 Å². The van der Waals surface area contributed by atoms with Crippen molar-refractivity contribution in [3.63, 3.8) is 0 Å². The Labute approximate surface area is 145 Å². The fraction of sp³-hybridized carbons (Fsp3) is 0.875. The molecule has 1 aliphatic rings. The van der Waals surface area contributed by atoms with Crippen molar-refractivity contribution < 1.29 is 19.6 Å². The van der Waals surface area contributed by atoms with Gasteiger partial charge in [0, 0.05) is 6.54 Å². The zero-order valence-electron chi connectivity index (χ0n) is 15.5. The highest BCUT2D eigenvalue weighted by atomic mass is 16.4. The predicted molar refractivity (Wildman–Crippen MR) is 93.7 cm³/mol. The van der Waals surface area contributed by atoms with Gasteiger partial charge in [-0.1, -0.05) is 34.6 Å². The van der Waals surface area contributed by atoms with E-state index in [9.17, 15) is 19.6 Å². The fourth-order valence-electron chi connectivity index (χ4n) is 3.10. The zero-order valence-corrected chi connectivity index (χ0v) is 15.5. The first kappa shape index (κ1) is 20.9. The highest BCUT2D eigenvalue weighted by Gasteiger charge is 2.49. The van der Waals surface area contributed by atoms with Crippen LogP contribution in [0.3, 0.4) is 0 Å². The van der Waals surface area contributed by atoms with Crippen LogP contribution < -0.4 is 11.1 Å². The van der Waals surface area contributed by atoms with Crippen LogP contribution in [0.25, 0.3) is 0 Å². The van der Waals surface area contributed by atoms with Crippen molar-refractivity contribution in [2.45, 2.75) is 71.4 Å². The molecule has 2 unspecified atom stereocenters. The average Bonchev–Trinajstić information content (AvgIpc) is 2.79. The fourth-order valence-corrected chi connectivity index (χ4v) is 3.10. The SMILES string of the molecule is CCC(NC(=O)[C@H](CC(C)C)N1CCC(N)(C(C)C)C1=O)B(O)O. The van der Waals surface area contributed by atoms with Gasteiger partial charge in [-0.15, -0.1) is 0 Å². The maximum atomic E-state index is 12.8. The van der Waals surface area contributed by atoms with Crippen LogP contribution in [0.4, 0.5) is 0 Å². The third kappa shape index (κ3) is 4.49. The monoisotopic (exact) mass is 341 g/mol. The maximum Gasteiger partial charge on any atom is 0.475 e. The van der Waals surface area contributed by atoms with E-state index in [1.807, 2.05) is 27.7 Å². The number of amides is 2. The van der Waals surface area contributed by atoms with Crippen molar-refractivity contribution in [3.05, 3.63) is 0 Å². The van der Waals surface area contributed by atoms with Crippen LogP contribution in [-0.4, -0.2) is 57.9 Å². The van der Waals surface area contributed by atoms with E-state index < -0.39 is 24.6 Å². The average molecular weight is 341 g/mol. The normalized spacial score (nSPS) is 23.8. The lowest BCUT2D eigenvalue weighted by Crippen LogP contribution is -2.58. The lowest BCUT2D eigenvalue weighted by atomic mass is 9.77. The van der Waals surface area contributed by atoms with Gasteiger partial charge in [-0.3, -0.25) is 9.59 Å². The van der Waals surface area contributed by atoms with E-state index >= 15 is 0 Å². The molecule has 24 heavy (non-hydrogen) atoms. The minimum Gasteiger partial charge on any atom is -0.426 e. The minimum atomic E-state index is -1.63. The first-order valence-electron chi connectivity index (χ1n) is 8.81. The van der Waals surface area contributed by atoms with Gasteiger partial charge in [0.1, 0.15) is 6.04 Å². The summed E-state index contributed by atoms with van der Waals surface area (Å²) < 4.78 is 0. The Hall–Kier alpha value is -1.12. The van der Waals surface area contributed by atoms with Crippen LogP contribution in [0.15, 0.2) is 0 Å². The summed E-state index contributed by atoms with van der Waals surface area (Å²) in [7, 11) is -1.63. The molecule has 5 N–H and O–H groups in total. The van der Waals surface area contributed by atoms with Crippen LogP contribution in [0, 0.1) is 11.8 Å².